The van der Waals surface area contributed by atoms with E-state index in [0.717, 1.165) is 22.3 Å². The molecule has 23 heavy (non-hydrogen) atoms. The molecule has 0 aliphatic heterocycles. The second kappa shape index (κ2) is 6.71. The highest BCUT2D eigenvalue weighted by Gasteiger charge is 2.16. The fourth-order valence-corrected chi connectivity index (χ4v) is 2.56. The topological polar surface area (TPSA) is 75.6 Å². The second-order valence-corrected chi connectivity index (χ2v) is 5.65. The Morgan fingerprint density at radius 3 is 2.87 bits per heavy atom. The van der Waals surface area contributed by atoms with Gasteiger partial charge in [-0.05, 0) is 30.7 Å². The van der Waals surface area contributed by atoms with Crippen LogP contribution in [0.15, 0.2) is 51.5 Å². The summed E-state index contributed by atoms with van der Waals surface area (Å²) in [7, 11) is 0. The van der Waals surface area contributed by atoms with E-state index in [1.54, 1.807) is 18.4 Å². The van der Waals surface area contributed by atoms with Crippen LogP contribution < -0.4 is 5.32 Å². The van der Waals surface area contributed by atoms with E-state index < -0.39 is 0 Å². The van der Waals surface area contributed by atoms with E-state index in [9.17, 15) is 9.90 Å². The van der Waals surface area contributed by atoms with Gasteiger partial charge in [-0.1, -0.05) is 18.2 Å². The number of rotatable bonds is 6. The van der Waals surface area contributed by atoms with Crippen molar-refractivity contribution in [1.82, 2.24) is 5.32 Å². The van der Waals surface area contributed by atoms with Crippen LogP contribution in [0.3, 0.4) is 0 Å². The molecule has 0 aliphatic carbocycles. The van der Waals surface area contributed by atoms with Crippen molar-refractivity contribution in [3.63, 3.8) is 0 Å². The molecule has 0 fully saturated rings. The molecule has 3 aromatic rings. The molecule has 2 N–H and O–H groups in total. The Balaban J connectivity index is 1.64. The van der Waals surface area contributed by atoms with Crippen molar-refractivity contribution in [3.8, 4) is 0 Å². The Labute approximate surface area is 133 Å². The van der Waals surface area contributed by atoms with E-state index in [1.165, 1.54) is 0 Å². The van der Waals surface area contributed by atoms with Gasteiger partial charge in [0.25, 0.3) is 5.91 Å². The average molecular weight is 313 g/mol. The molecule has 2 heterocycles. The van der Waals surface area contributed by atoms with Crippen molar-refractivity contribution in [2.24, 2.45) is 5.92 Å². The number of furan rings is 2. The number of para-hydroxylation sites is 1. The summed E-state index contributed by atoms with van der Waals surface area (Å²) in [5.74, 6) is 0.691. The van der Waals surface area contributed by atoms with Crippen LogP contribution in [0.1, 0.15) is 21.9 Å². The molecule has 5 heteroatoms. The van der Waals surface area contributed by atoms with Gasteiger partial charge in [0.05, 0.1) is 6.26 Å². The number of aryl methyl sites for hydroxylation is 1. The zero-order valence-electron chi connectivity index (χ0n) is 12.9. The summed E-state index contributed by atoms with van der Waals surface area (Å²) in [5, 5.41) is 13.2. The Hall–Kier alpha value is -2.53. The van der Waals surface area contributed by atoms with Gasteiger partial charge in [0.2, 0.25) is 0 Å². The highest BCUT2D eigenvalue weighted by atomic mass is 16.3. The zero-order chi connectivity index (χ0) is 16.2. The highest BCUT2D eigenvalue weighted by molar-refractivity contribution is 5.96. The summed E-state index contributed by atoms with van der Waals surface area (Å²) >= 11 is 0. The minimum absolute atomic E-state index is 0.0276. The first-order valence-corrected chi connectivity index (χ1v) is 7.58. The van der Waals surface area contributed by atoms with Crippen LogP contribution >= 0.6 is 0 Å². The lowest BCUT2D eigenvalue weighted by Crippen LogP contribution is -2.31. The van der Waals surface area contributed by atoms with Gasteiger partial charge < -0.3 is 19.3 Å². The van der Waals surface area contributed by atoms with Gasteiger partial charge in [-0.2, -0.15) is 0 Å². The summed E-state index contributed by atoms with van der Waals surface area (Å²) in [4.78, 5) is 12.2. The molecule has 1 unspecified atom stereocenters. The molecule has 0 radical (unpaired) electrons. The maximum Gasteiger partial charge on any atom is 0.287 e. The molecule has 0 saturated carbocycles. The lowest BCUT2D eigenvalue weighted by molar-refractivity contribution is 0.0913. The van der Waals surface area contributed by atoms with Crippen molar-refractivity contribution in [2.75, 3.05) is 13.2 Å². The Morgan fingerprint density at radius 1 is 1.30 bits per heavy atom. The maximum absolute atomic E-state index is 12.2. The van der Waals surface area contributed by atoms with E-state index >= 15 is 0 Å². The van der Waals surface area contributed by atoms with Crippen LogP contribution in [-0.2, 0) is 6.42 Å². The number of amides is 1. The van der Waals surface area contributed by atoms with Crippen molar-refractivity contribution >= 4 is 16.9 Å². The molecule has 3 rings (SSSR count). The summed E-state index contributed by atoms with van der Waals surface area (Å²) in [6.07, 6.45) is 2.17. The van der Waals surface area contributed by atoms with Crippen LogP contribution in [-0.4, -0.2) is 24.2 Å². The predicted octanol–water partition coefficient (Wildman–Crippen LogP) is 2.92. The second-order valence-electron chi connectivity index (χ2n) is 5.65. The molecule has 0 saturated heterocycles. The molecule has 0 spiro atoms. The summed E-state index contributed by atoms with van der Waals surface area (Å²) in [6.45, 7) is 2.27. The number of nitrogens with one attached hydrogen (secondary N) is 1. The number of carbonyl (C=O) groups excluding carboxylic acids is 1. The zero-order valence-corrected chi connectivity index (χ0v) is 12.9. The van der Waals surface area contributed by atoms with Gasteiger partial charge >= 0.3 is 0 Å². The molecule has 5 nitrogen and oxygen atoms in total. The molecule has 1 aromatic carbocycles. The predicted molar refractivity (Wildman–Crippen MR) is 86.3 cm³/mol. The van der Waals surface area contributed by atoms with Gasteiger partial charge in [-0.3, -0.25) is 4.79 Å². The molecule has 120 valence electrons. The standard InChI is InChI=1S/C18H19NO4/c1-12-4-2-5-14-9-16(23-17(12)14)18(21)19-10-13(11-20)8-15-6-3-7-22-15/h2-7,9,13,20H,8,10-11H2,1H3,(H,19,21). The largest absolute Gasteiger partial charge is 0.469 e. The monoisotopic (exact) mass is 313 g/mol. The van der Waals surface area contributed by atoms with Crippen molar-refractivity contribution in [1.29, 1.82) is 0 Å². The van der Waals surface area contributed by atoms with Gasteiger partial charge in [0.15, 0.2) is 5.76 Å². The first-order valence-electron chi connectivity index (χ1n) is 7.58. The SMILES string of the molecule is Cc1cccc2cc(C(=O)NCC(CO)Cc3ccco3)oc12. The van der Waals surface area contributed by atoms with E-state index in [4.69, 9.17) is 8.83 Å². The molecule has 1 amide bonds. The number of hydrogen-bond acceptors (Lipinski definition) is 4. The first-order chi connectivity index (χ1) is 11.2. The number of benzene rings is 1. The van der Waals surface area contributed by atoms with Crippen LogP contribution in [0.4, 0.5) is 0 Å². The lowest BCUT2D eigenvalue weighted by atomic mass is 10.1. The number of fused-ring (bicyclic) bond motifs is 1. The number of hydrogen-bond donors (Lipinski definition) is 2. The molecule has 1 atom stereocenters. The quantitative estimate of drug-likeness (QED) is 0.733. The summed E-state index contributed by atoms with van der Waals surface area (Å²) in [5.41, 5.74) is 1.72. The normalized spacial score (nSPS) is 12.4. The van der Waals surface area contributed by atoms with Gasteiger partial charge in [0.1, 0.15) is 11.3 Å². The smallest absolute Gasteiger partial charge is 0.287 e. The van der Waals surface area contributed by atoms with E-state index in [0.29, 0.717) is 13.0 Å². The van der Waals surface area contributed by atoms with Crippen LogP contribution in [0.25, 0.3) is 11.0 Å². The molecule has 0 aliphatic rings. The van der Waals surface area contributed by atoms with Crippen LogP contribution in [0.5, 0.6) is 0 Å². The summed E-state index contributed by atoms with van der Waals surface area (Å²) < 4.78 is 10.9. The van der Waals surface area contributed by atoms with Gasteiger partial charge in [0, 0.05) is 30.9 Å². The summed E-state index contributed by atoms with van der Waals surface area (Å²) in [6, 6.07) is 11.2. The highest BCUT2D eigenvalue weighted by Crippen LogP contribution is 2.22. The van der Waals surface area contributed by atoms with Gasteiger partial charge in [-0.15, -0.1) is 0 Å². The van der Waals surface area contributed by atoms with E-state index in [2.05, 4.69) is 5.32 Å². The Bertz CT molecular complexity index is 789. The van der Waals surface area contributed by atoms with E-state index in [-0.39, 0.29) is 24.2 Å². The van der Waals surface area contributed by atoms with E-state index in [1.807, 2.05) is 31.2 Å². The fourth-order valence-electron chi connectivity index (χ4n) is 2.56. The van der Waals surface area contributed by atoms with Crippen molar-refractivity contribution < 1.29 is 18.7 Å². The van der Waals surface area contributed by atoms with Crippen molar-refractivity contribution in [3.05, 3.63) is 59.7 Å². The van der Waals surface area contributed by atoms with Gasteiger partial charge in [-0.25, -0.2) is 0 Å². The minimum atomic E-state index is -0.279. The minimum Gasteiger partial charge on any atom is -0.469 e. The van der Waals surface area contributed by atoms with Crippen LogP contribution in [0.2, 0.25) is 0 Å². The number of carbonyl (C=O) groups is 1. The molecule has 0 bridgehead atoms. The third-order valence-corrected chi connectivity index (χ3v) is 3.84. The Morgan fingerprint density at radius 2 is 2.17 bits per heavy atom. The lowest BCUT2D eigenvalue weighted by Gasteiger charge is -2.13. The average Bonchev–Trinajstić information content (AvgIpc) is 3.21. The molecular formula is C18H19NO4. The fraction of sp³-hybridized carbons (Fsp3) is 0.278. The molecular weight excluding hydrogens is 294 g/mol. The number of aliphatic hydroxyl groups is 1. The first kappa shape index (κ1) is 15.4. The molecule has 2 aromatic heterocycles. The number of aliphatic hydroxyl groups excluding tert-OH is 1. The Kier molecular flexibility index (Phi) is 4.48. The third kappa shape index (κ3) is 3.46. The van der Waals surface area contributed by atoms with Crippen molar-refractivity contribution in [2.45, 2.75) is 13.3 Å². The van der Waals surface area contributed by atoms with Crippen LogP contribution in [0, 0.1) is 12.8 Å². The third-order valence-electron chi connectivity index (χ3n) is 3.84. The maximum atomic E-state index is 12.2.